The highest BCUT2D eigenvalue weighted by atomic mass is 19.3. The number of nitrogens with zero attached hydrogens (tertiary/aromatic N) is 8. The molecule has 1 unspecified atom stereocenters. The van der Waals surface area contributed by atoms with Gasteiger partial charge in [-0.25, -0.2) is 14.8 Å². The van der Waals surface area contributed by atoms with Crippen LogP contribution in [-0.4, -0.2) is 68.7 Å². The molecule has 2 amide bonds. The van der Waals surface area contributed by atoms with Gasteiger partial charge in [-0.15, -0.1) is 0 Å². The van der Waals surface area contributed by atoms with Crippen LogP contribution in [0, 0.1) is 11.3 Å². The summed E-state index contributed by atoms with van der Waals surface area (Å²) in [5.74, 6) is 1.34. The van der Waals surface area contributed by atoms with Gasteiger partial charge in [0.25, 0.3) is 0 Å². The van der Waals surface area contributed by atoms with Crippen molar-refractivity contribution in [2.45, 2.75) is 63.4 Å². The molecule has 1 atom stereocenters. The molecule has 47 heavy (non-hydrogen) atoms. The van der Waals surface area contributed by atoms with E-state index in [-0.39, 0.29) is 30.2 Å². The SMILES string of the molecule is Cn1cc(-c2ccc(N(C(=O)NCc3ccccc3)[C@H]3CC[C@H](Nc4ncc(C#N)c(N5CCC(OC(F)F)C5)n4)CC3)nc2)cn1. The first-order chi connectivity index (χ1) is 22.9. The first-order valence-corrected chi connectivity index (χ1v) is 15.6. The van der Waals surface area contributed by atoms with Gasteiger partial charge in [0.15, 0.2) is 5.82 Å². The molecular weight excluding hydrogens is 606 g/mol. The van der Waals surface area contributed by atoms with Crippen LogP contribution < -0.4 is 20.4 Å². The van der Waals surface area contributed by atoms with Crippen LogP contribution in [0.15, 0.2) is 67.3 Å². The lowest BCUT2D eigenvalue weighted by Crippen LogP contribution is -2.49. The number of urea groups is 1. The lowest BCUT2D eigenvalue weighted by atomic mass is 9.90. The van der Waals surface area contributed by atoms with Crippen molar-refractivity contribution < 1.29 is 18.3 Å². The third-order valence-electron chi connectivity index (χ3n) is 8.56. The van der Waals surface area contributed by atoms with E-state index in [1.807, 2.05) is 55.7 Å². The highest BCUT2D eigenvalue weighted by Crippen LogP contribution is 2.31. The smallest absolute Gasteiger partial charge is 0.345 e. The number of nitriles is 1. The number of carbonyl (C=O) groups is 1. The van der Waals surface area contributed by atoms with Gasteiger partial charge in [0.05, 0.1) is 18.5 Å². The van der Waals surface area contributed by atoms with Crippen molar-refractivity contribution in [2.24, 2.45) is 7.05 Å². The van der Waals surface area contributed by atoms with Gasteiger partial charge in [-0.3, -0.25) is 9.58 Å². The second-order valence-corrected chi connectivity index (χ2v) is 11.8. The molecule has 4 aromatic rings. The van der Waals surface area contributed by atoms with E-state index >= 15 is 0 Å². The van der Waals surface area contributed by atoms with E-state index in [1.54, 1.807) is 26.9 Å². The minimum atomic E-state index is -2.85. The number of carbonyl (C=O) groups excluding carboxylic acids is 1. The zero-order chi connectivity index (χ0) is 32.8. The van der Waals surface area contributed by atoms with E-state index in [0.717, 1.165) is 29.5 Å². The van der Waals surface area contributed by atoms with Crippen LogP contribution in [0.2, 0.25) is 0 Å². The standard InChI is InChI=1S/C33H36F2N10O2/c1-43-20-25(19-40-43)23-7-12-29(37-17-23)45(33(46)39-16-22-5-3-2-4-6-22)27-10-8-26(9-11-27)41-32-38-18-24(15-36)30(42-32)44-14-13-28(21-44)47-31(34)35/h2-7,12,17-20,26-28,31H,8-11,13-14,16,21H2,1H3,(H,39,46)(H,38,41,42)/t26-,27-,28?. The van der Waals surface area contributed by atoms with Crippen molar-refractivity contribution in [1.82, 2.24) is 30.0 Å². The van der Waals surface area contributed by atoms with Crippen LogP contribution in [0.5, 0.6) is 0 Å². The van der Waals surface area contributed by atoms with Crippen LogP contribution in [0.4, 0.5) is 31.2 Å². The summed E-state index contributed by atoms with van der Waals surface area (Å²) in [4.78, 5) is 30.9. The molecule has 0 radical (unpaired) electrons. The van der Waals surface area contributed by atoms with Gasteiger partial charge in [0.1, 0.15) is 17.5 Å². The van der Waals surface area contributed by atoms with Crippen molar-refractivity contribution in [3.63, 3.8) is 0 Å². The molecule has 2 fully saturated rings. The Morgan fingerprint density at radius 1 is 1.06 bits per heavy atom. The Hall–Kier alpha value is -5.16. The zero-order valence-electron chi connectivity index (χ0n) is 26.0. The molecule has 14 heteroatoms. The third kappa shape index (κ3) is 7.81. The summed E-state index contributed by atoms with van der Waals surface area (Å²) in [7, 11) is 1.86. The van der Waals surface area contributed by atoms with E-state index in [0.29, 0.717) is 49.9 Å². The molecule has 12 nitrogen and oxygen atoms in total. The van der Waals surface area contributed by atoms with E-state index < -0.39 is 12.7 Å². The van der Waals surface area contributed by atoms with Crippen LogP contribution >= 0.6 is 0 Å². The number of nitrogens with one attached hydrogen (secondary N) is 2. The molecule has 2 aliphatic rings. The topological polar surface area (TPSA) is 137 Å². The number of hydrogen-bond acceptors (Lipinski definition) is 9. The normalized spacial score (nSPS) is 19.4. The Morgan fingerprint density at radius 2 is 1.87 bits per heavy atom. The van der Waals surface area contributed by atoms with Gasteiger partial charge >= 0.3 is 12.6 Å². The van der Waals surface area contributed by atoms with Gasteiger partial charge in [-0.1, -0.05) is 30.3 Å². The van der Waals surface area contributed by atoms with Gasteiger partial charge in [0, 0.05) is 62.3 Å². The van der Waals surface area contributed by atoms with Crippen molar-refractivity contribution in [3.05, 3.63) is 78.4 Å². The minimum absolute atomic E-state index is 0.0377. The Kier molecular flexibility index (Phi) is 9.82. The van der Waals surface area contributed by atoms with Gasteiger partial charge < -0.3 is 20.3 Å². The number of aromatic nitrogens is 5. The van der Waals surface area contributed by atoms with Crippen molar-refractivity contribution >= 4 is 23.6 Å². The minimum Gasteiger partial charge on any atom is -0.353 e. The highest BCUT2D eigenvalue weighted by Gasteiger charge is 2.32. The first kappa shape index (κ1) is 31.8. The lowest BCUT2D eigenvalue weighted by Gasteiger charge is -2.36. The molecule has 0 bridgehead atoms. The molecular formula is C33H36F2N10O2. The fourth-order valence-corrected chi connectivity index (χ4v) is 6.19. The van der Waals surface area contributed by atoms with Crippen molar-refractivity contribution in [3.8, 4) is 17.2 Å². The largest absolute Gasteiger partial charge is 0.353 e. The molecule has 1 saturated heterocycles. The molecule has 2 N–H and O–H groups in total. The summed E-state index contributed by atoms with van der Waals surface area (Å²) >= 11 is 0. The van der Waals surface area contributed by atoms with Gasteiger partial charge in [0.2, 0.25) is 5.95 Å². The maximum Gasteiger partial charge on any atom is 0.345 e. The number of rotatable bonds is 10. The average molecular weight is 643 g/mol. The quantitative estimate of drug-likeness (QED) is 0.242. The number of amides is 2. The Morgan fingerprint density at radius 3 is 2.55 bits per heavy atom. The molecule has 6 rings (SSSR count). The lowest BCUT2D eigenvalue weighted by molar-refractivity contribution is -0.156. The Labute approximate surface area is 271 Å². The number of alkyl halides is 2. The molecule has 3 aromatic heterocycles. The number of ether oxygens (including phenoxy) is 1. The number of hydrogen-bond donors (Lipinski definition) is 2. The number of anilines is 3. The van der Waals surface area contributed by atoms with E-state index in [2.05, 4.69) is 36.5 Å². The summed E-state index contributed by atoms with van der Waals surface area (Å²) in [6, 6.07) is 15.4. The summed E-state index contributed by atoms with van der Waals surface area (Å²) in [5.41, 5.74) is 3.13. The van der Waals surface area contributed by atoms with Crippen LogP contribution in [0.25, 0.3) is 11.1 Å². The fourth-order valence-electron chi connectivity index (χ4n) is 6.19. The first-order valence-electron chi connectivity index (χ1n) is 15.6. The second-order valence-electron chi connectivity index (χ2n) is 11.8. The van der Waals surface area contributed by atoms with Crippen LogP contribution in [0.3, 0.4) is 0 Å². The van der Waals surface area contributed by atoms with E-state index in [1.165, 1.54) is 6.20 Å². The fraction of sp³-hybridized carbons (Fsp3) is 0.394. The molecule has 1 saturated carbocycles. The summed E-state index contributed by atoms with van der Waals surface area (Å²) in [6.07, 6.45) is 9.62. The second kappa shape index (κ2) is 14.5. The average Bonchev–Trinajstić information content (AvgIpc) is 3.74. The van der Waals surface area contributed by atoms with Crippen LogP contribution in [0.1, 0.15) is 43.2 Å². The number of aryl methyl sites for hydroxylation is 1. The Balaban J connectivity index is 1.13. The third-order valence-corrected chi connectivity index (χ3v) is 8.56. The molecule has 0 spiro atoms. The number of benzene rings is 1. The summed E-state index contributed by atoms with van der Waals surface area (Å²) in [5, 5.41) is 20.3. The Bertz CT molecular complexity index is 1690. The summed E-state index contributed by atoms with van der Waals surface area (Å²) < 4.78 is 31.9. The van der Waals surface area contributed by atoms with E-state index in [4.69, 9.17) is 4.98 Å². The van der Waals surface area contributed by atoms with Crippen molar-refractivity contribution in [2.75, 3.05) is 28.2 Å². The zero-order valence-corrected chi connectivity index (χ0v) is 26.0. The molecule has 244 valence electrons. The molecule has 1 aromatic carbocycles. The van der Waals surface area contributed by atoms with E-state index in [9.17, 15) is 18.8 Å². The molecule has 1 aliphatic carbocycles. The summed E-state index contributed by atoms with van der Waals surface area (Å²) in [6.45, 7) is -1.78. The molecule has 4 heterocycles. The predicted molar refractivity (Wildman–Crippen MR) is 172 cm³/mol. The number of pyridine rings is 1. The maximum absolute atomic E-state index is 13.7. The van der Waals surface area contributed by atoms with Gasteiger partial charge in [-0.2, -0.15) is 24.1 Å². The monoisotopic (exact) mass is 642 g/mol. The van der Waals surface area contributed by atoms with Crippen molar-refractivity contribution in [1.29, 1.82) is 5.26 Å². The van der Waals surface area contributed by atoms with Gasteiger partial charge in [-0.05, 0) is 49.8 Å². The van der Waals surface area contributed by atoms with Crippen LogP contribution in [-0.2, 0) is 18.3 Å². The molecule has 1 aliphatic heterocycles. The number of halogens is 2. The predicted octanol–water partition coefficient (Wildman–Crippen LogP) is 5.10. The highest BCUT2D eigenvalue weighted by molar-refractivity contribution is 5.91. The maximum atomic E-state index is 13.7.